The SMILES string of the molecule is CCCCC(CCCOC(=O)CCC(=O)OCCCC(CCCC)(C(=O)OC1CC(C)(C)N(O)C(C)(C)C1)C(=O)OC1CC(C)(C)N(O)C(C)(C)C1)(C(=O)CC1CC(C)(C)N(O)CC1(C)C)C(=O)OC1CC(C)(C)N(O)C(C)(C)C1. The third-order valence-corrected chi connectivity index (χ3v) is 18.3. The molecule has 2 unspecified atom stereocenters. The first-order valence-electron chi connectivity index (χ1n) is 30.0. The van der Waals surface area contributed by atoms with Crippen molar-refractivity contribution in [3.05, 3.63) is 0 Å². The van der Waals surface area contributed by atoms with Gasteiger partial charge in [0.15, 0.2) is 5.41 Å². The van der Waals surface area contributed by atoms with E-state index in [1.165, 1.54) is 20.3 Å². The third kappa shape index (κ3) is 16.7. The van der Waals surface area contributed by atoms with Crippen LogP contribution in [-0.4, -0.2) is 154 Å². The molecule has 4 aliphatic heterocycles. The summed E-state index contributed by atoms with van der Waals surface area (Å²) in [7, 11) is 0. The van der Waals surface area contributed by atoms with Crippen molar-refractivity contribution in [1.82, 2.24) is 20.3 Å². The zero-order valence-corrected chi connectivity index (χ0v) is 52.6. The maximum Gasteiger partial charge on any atom is 0.323 e. The highest BCUT2D eigenvalue weighted by Crippen LogP contribution is 2.48. The summed E-state index contributed by atoms with van der Waals surface area (Å²) in [4.78, 5) is 85.7. The minimum Gasteiger partial charge on any atom is -0.466 e. The minimum absolute atomic E-state index is 0.0530. The average Bonchev–Trinajstić information content (AvgIpc) is 3.31. The van der Waals surface area contributed by atoms with Crippen LogP contribution in [0, 0.1) is 22.2 Å². The quantitative estimate of drug-likeness (QED) is 0.0272. The van der Waals surface area contributed by atoms with Gasteiger partial charge in [-0.25, -0.2) is 0 Å². The predicted octanol–water partition coefficient (Wildman–Crippen LogP) is 11.1. The molecule has 0 bridgehead atoms. The van der Waals surface area contributed by atoms with E-state index in [9.17, 15) is 44.8 Å². The highest BCUT2D eigenvalue weighted by Gasteiger charge is 2.56. The number of hydrogen-bond acceptors (Lipinski definition) is 19. The fourth-order valence-electron chi connectivity index (χ4n) is 13.8. The second kappa shape index (κ2) is 26.3. The molecule has 4 N–H and O–H groups in total. The Morgan fingerprint density at radius 3 is 1.07 bits per heavy atom. The van der Waals surface area contributed by atoms with Gasteiger partial charge in [-0.2, -0.15) is 20.3 Å². The van der Waals surface area contributed by atoms with E-state index in [1.807, 2.05) is 125 Å². The molecule has 462 valence electrons. The van der Waals surface area contributed by atoms with E-state index in [0.717, 1.165) is 0 Å². The van der Waals surface area contributed by atoms with Gasteiger partial charge >= 0.3 is 29.8 Å². The van der Waals surface area contributed by atoms with Crippen molar-refractivity contribution < 1.29 is 73.3 Å². The van der Waals surface area contributed by atoms with Gasteiger partial charge in [-0.15, -0.1) is 0 Å². The minimum atomic E-state index is -1.76. The number of ketones is 1. The first-order valence-corrected chi connectivity index (χ1v) is 30.0. The number of hydrogen-bond donors (Lipinski definition) is 4. The van der Waals surface area contributed by atoms with Gasteiger partial charge < -0.3 is 44.5 Å². The maximum absolute atomic E-state index is 15.0. The molecule has 0 amide bonds. The van der Waals surface area contributed by atoms with Crippen LogP contribution in [0.15, 0.2) is 0 Å². The van der Waals surface area contributed by atoms with Gasteiger partial charge in [-0.1, -0.05) is 53.4 Å². The van der Waals surface area contributed by atoms with E-state index in [2.05, 4.69) is 0 Å². The zero-order chi connectivity index (χ0) is 60.9. The van der Waals surface area contributed by atoms with Gasteiger partial charge in [0, 0.05) is 90.3 Å². The summed E-state index contributed by atoms with van der Waals surface area (Å²) in [5, 5.41) is 49.1. The molecule has 19 nitrogen and oxygen atoms in total. The number of ether oxygens (including phenoxy) is 5. The van der Waals surface area contributed by atoms with Gasteiger partial charge in [0.1, 0.15) is 29.5 Å². The van der Waals surface area contributed by atoms with Crippen LogP contribution in [-0.2, 0) is 52.5 Å². The standard InChI is InChI=1S/C61H108N4O15/c1-19-21-27-60(46(66)33-42-34-53(5,6)62(72)41-52(42,3)4,49(69)78-43-35-54(7,8)63(73)55(9,10)36-43)29-23-31-76-47(67)25-26-48(68)77-32-24-30-61(28-22-20-2,50(70)79-44-37-56(11,12)64(74)57(13,14)38-44)51(71)80-45-39-58(15,16)65(75)59(17,18)40-45/h42-45,72-75H,19-41H2,1-18H3. The Bertz CT molecular complexity index is 2040. The lowest BCUT2D eigenvalue weighted by Gasteiger charge is -2.51. The molecule has 0 aliphatic carbocycles. The van der Waals surface area contributed by atoms with Crippen molar-refractivity contribution >= 4 is 35.6 Å². The summed E-state index contributed by atoms with van der Waals surface area (Å²) in [5.41, 5.74) is -8.74. The van der Waals surface area contributed by atoms with Crippen LogP contribution in [0.2, 0.25) is 0 Å². The summed E-state index contributed by atoms with van der Waals surface area (Å²) < 4.78 is 30.1. The highest BCUT2D eigenvalue weighted by molar-refractivity contribution is 6.04. The van der Waals surface area contributed by atoms with Gasteiger partial charge in [0.05, 0.1) is 26.1 Å². The smallest absolute Gasteiger partial charge is 0.323 e. The van der Waals surface area contributed by atoms with Gasteiger partial charge in [0.2, 0.25) is 0 Å². The molecule has 0 aromatic heterocycles. The Balaban J connectivity index is 1.45. The summed E-state index contributed by atoms with van der Waals surface area (Å²) in [6, 6.07) is 0. The second-order valence-electron chi connectivity index (χ2n) is 29.5. The number of rotatable bonds is 26. The lowest BCUT2D eigenvalue weighted by molar-refractivity contribution is -0.263. The maximum atomic E-state index is 15.0. The Kier molecular flexibility index (Phi) is 22.8. The average molecular weight is 1140 g/mol. The van der Waals surface area contributed by atoms with Gasteiger partial charge in [-0.3, -0.25) is 28.8 Å². The molecule has 0 aromatic rings. The van der Waals surface area contributed by atoms with Gasteiger partial charge in [0.25, 0.3) is 0 Å². The van der Waals surface area contributed by atoms with E-state index < -0.39 is 103 Å². The van der Waals surface area contributed by atoms with Gasteiger partial charge in [-0.05, 0) is 153 Å². The van der Waals surface area contributed by atoms with E-state index in [0.29, 0.717) is 77.2 Å². The summed E-state index contributed by atoms with van der Waals surface area (Å²) in [6.07, 6.45) is 3.20. The lowest BCUT2D eigenvalue weighted by Crippen LogP contribution is -2.61. The number of carbonyl (C=O) groups excluding carboxylic acids is 6. The van der Waals surface area contributed by atoms with Crippen LogP contribution >= 0.6 is 0 Å². The van der Waals surface area contributed by atoms with Crippen molar-refractivity contribution in [2.75, 3.05) is 19.8 Å². The van der Waals surface area contributed by atoms with Crippen LogP contribution in [0.5, 0.6) is 0 Å². The number of carbonyl (C=O) groups is 6. The van der Waals surface area contributed by atoms with E-state index in [-0.39, 0.29) is 82.7 Å². The zero-order valence-electron chi connectivity index (χ0n) is 52.6. The van der Waals surface area contributed by atoms with Crippen LogP contribution in [0.3, 0.4) is 0 Å². The Labute approximate surface area is 479 Å². The number of Topliss-reactive ketones (excluding diaryl/α,β-unsaturated/α-hetero) is 1. The Morgan fingerprint density at radius 1 is 0.438 bits per heavy atom. The Hall–Kier alpha value is -3.30. The lowest BCUT2D eigenvalue weighted by atomic mass is 9.64. The molecule has 2 atom stereocenters. The fraction of sp³-hybridized carbons (Fsp3) is 0.902. The number of esters is 5. The molecule has 0 radical (unpaired) electrons. The monoisotopic (exact) mass is 1140 g/mol. The fourth-order valence-corrected chi connectivity index (χ4v) is 13.8. The second-order valence-corrected chi connectivity index (χ2v) is 29.5. The number of nitrogens with zero attached hydrogens (tertiary/aromatic N) is 4. The third-order valence-electron chi connectivity index (χ3n) is 18.3. The van der Waals surface area contributed by atoms with Crippen LogP contribution in [0.1, 0.15) is 253 Å². The molecule has 19 heteroatoms. The largest absolute Gasteiger partial charge is 0.466 e. The number of unbranched alkanes of at least 4 members (excludes halogenated alkanes) is 2. The molecular formula is C61H108N4O15. The summed E-state index contributed by atoms with van der Waals surface area (Å²) in [6.45, 7) is 34.3. The van der Waals surface area contributed by atoms with Crippen molar-refractivity contribution in [2.24, 2.45) is 22.2 Å². The molecule has 80 heavy (non-hydrogen) atoms. The molecule has 4 aliphatic rings. The van der Waals surface area contributed by atoms with Crippen molar-refractivity contribution in [1.29, 1.82) is 0 Å². The van der Waals surface area contributed by atoms with Crippen molar-refractivity contribution in [2.45, 2.75) is 310 Å². The van der Waals surface area contributed by atoms with E-state index in [1.54, 1.807) is 0 Å². The predicted molar refractivity (Wildman–Crippen MR) is 300 cm³/mol. The van der Waals surface area contributed by atoms with E-state index >= 15 is 4.79 Å². The molecule has 0 spiro atoms. The normalized spacial score (nSPS) is 24.9. The van der Waals surface area contributed by atoms with Crippen LogP contribution in [0.4, 0.5) is 0 Å². The topological polar surface area (TPSA) is 242 Å². The highest BCUT2D eigenvalue weighted by atomic mass is 16.6. The first kappa shape index (κ1) is 69.2. The van der Waals surface area contributed by atoms with Crippen molar-refractivity contribution in [3.8, 4) is 0 Å². The van der Waals surface area contributed by atoms with Crippen LogP contribution in [0.25, 0.3) is 0 Å². The summed E-state index contributed by atoms with van der Waals surface area (Å²) >= 11 is 0. The van der Waals surface area contributed by atoms with Crippen molar-refractivity contribution in [3.63, 3.8) is 0 Å². The molecule has 4 rings (SSSR count). The molecule has 4 heterocycles. The summed E-state index contributed by atoms with van der Waals surface area (Å²) in [5.74, 6) is -3.84. The van der Waals surface area contributed by atoms with E-state index in [4.69, 9.17) is 23.7 Å². The molecule has 4 fully saturated rings. The molecular weight excluding hydrogens is 1030 g/mol. The van der Waals surface area contributed by atoms with Crippen LogP contribution < -0.4 is 0 Å². The molecule has 4 saturated heterocycles. The molecule has 0 saturated carbocycles. The molecule has 0 aromatic carbocycles. The Morgan fingerprint density at radius 2 is 0.738 bits per heavy atom. The first-order chi connectivity index (χ1) is 36.6. The number of hydroxylamine groups is 8. The number of piperidine rings is 4.